The summed E-state index contributed by atoms with van der Waals surface area (Å²) in [5.74, 6) is -1.51. The van der Waals surface area contributed by atoms with Crippen molar-refractivity contribution < 1.29 is 27.9 Å². The van der Waals surface area contributed by atoms with Crippen LogP contribution in [-0.4, -0.2) is 88.3 Å². The minimum absolute atomic E-state index is 0.0171. The maximum atomic E-state index is 14.0. The van der Waals surface area contributed by atoms with Crippen LogP contribution in [0.3, 0.4) is 0 Å². The lowest BCUT2D eigenvalue weighted by Gasteiger charge is -2.34. The predicted octanol–water partition coefficient (Wildman–Crippen LogP) is 3.54. The molecule has 0 spiro atoms. The zero-order valence-electron chi connectivity index (χ0n) is 27.5. The van der Waals surface area contributed by atoms with E-state index in [-0.39, 0.29) is 54.1 Å². The number of nitrogens with zero attached hydrogens (tertiary/aromatic N) is 4. The van der Waals surface area contributed by atoms with E-state index in [1.54, 1.807) is 38.4 Å². The molecule has 0 unspecified atom stereocenters. The number of urea groups is 1. The number of carbonyl (C=O) groups excluding carboxylic acids is 3. The van der Waals surface area contributed by atoms with Gasteiger partial charge in [-0.3, -0.25) is 19.5 Å². The van der Waals surface area contributed by atoms with Gasteiger partial charge in [-0.2, -0.15) is 4.31 Å². The first-order valence-electron chi connectivity index (χ1n) is 15.8. The van der Waals surface area contributed by atoms with Crippen LogP contribution in [0.25, 0.3) is 0 Å². The Labute approximate surface area is 286 Å². The van der Waals surface area contributed by atoms with Gasteiger partial charge < -0.3 is 21.1 Å². The third-order valence-electron chi connectivity index (χ3n) is 8.04. The van der Waals surface area contributed by atoms with Gasteiger partial charge >= 0.3 is 6.03 Å². The Balaban J connectivity index is 1.60. The average molecular weight is 699 g/mol. The number of hydrogen-bond donors (Lipinski definition) is 3. The SMILES string of the molecule is CC(C)CN(C[C@@H](O)[C@H](Cc1ccccc1)NC(=O)[C@H](C(C)C)N1CC(=O)N(Cc2cccnc2)C1=O)S(=O)(=O)c1ccc(Cl)c(N)c1. The van der Waals surface area contributed by atoms with Gasteiger partial charge in [0.2, 0.25) is 15.9 Å². The summed E-state index contributed by atoms with van der Waals surface area (Å²) in [6.45, 7) is 6.72. The summed E-state index contributed by atoms with van der Waals surface area (Å²) in [6, 6.07) is 14.1. The summed E-state index contributed by atoms with van der Waals surface area (Å²) in [5, 5.41) is 14.8. The zero-order valence-corrected chi connectivity index (χ0v) is 29.1. The van der Waals surface area contributed by atoms with Crippen LogP contribution in [-0.2, 0) is 32.6 Å². The standard InChI is InChI=1S/C34H43ClN6O6S/c1-22(2)18-39(48(46,47)26-12-13-27(35)28(36)16-26)20-30(42)29(15-24-9-6-5-7-10-24)38-33(44)32(23(3)4)41-21-31(43)40(34(41)45)19-25-11-8-14-37-17-25/h5-14,16-17,22-23,29-30,32,42H,15,18-21,36H2,1-4H3,(H,38,44)/t29-,30+,32-/m0/s1. The third kappa shape index (κ3) is 8.90. The Hall–Kier alpha value is -4.04. The van der Waals surface area contributed by atoms with Gasteiger partial charge in [0.15, 0.2) is 0 Å². The molecule has 1 aliphatic heterocycles. The lowest BCUT2D eigenvalue weighted by atomic mass is 9.97. The van der Waals surface area contributed by atoms with Crippen LogP contribution in [0.4, 0.5) is 10.5 Å². The van der Waals surface area contributed by atoms with E-state index in [9.17, 15) is 27.9 Å². The molecule has 3 atom stereocenters. The van der Waals surface area contributed by atoms with Crippen molar-refractivity contribution in [3.05, 3.63) is 89.2 Å². The van der Waals surface area contributed by atoms with Crippen LogP contribution in [0, 0.1) is 11.8 Å². The van der Waals surface area contributed by atoms with Crippen LogP contribution >= 0.6 is 11.6 Å². The number of aliphatic hydroxyl groups is 1. The molecule has 0 bridgehead atoms. The summed E-state index contributed by atoms with van der Waals surface area (Å²) >= 11 is 6.04. The highest BCUT2D eigenvalue weighted by atomic mass is 35.5. The molecule has 2 aromatic carbocycles. The molecule has 0 radical (unpaired) electrons. The number of imide groups is 1. The summed E-state index contributed by atoms with van der Waals surface area (Å²) in [4.78, 5) is 46.8. The number of hydrogen-bond acceptors (Lipinski definition) is 8. The van der Waals surface area contributed by atoms with Gasteiger partial charge in [-0.05, 0) is 53.6 Å². The number of carbonyl (C=O) groups is 3. The van der Waals surface area contributed by atoms with Crippen molar-refractivity contribution in [2.45, 2.75) is 63.7 Å². The van der Waals surface area contributed by atoms with Gasteiger partial charge in [0.25, 0.3) is 5.91 Å². The highest BCUT2D eigenvalue weighted by Crippen LogP contribution is 2.26. The smallest absolute Gasteiger partial charge is 0.328 e. The first-order valence-corrected chi connectivity index (χ1v) is 17.6. The maximum Gasteiger partial charge on any atom is 0.328 e. The molecular formula is C34H43ClN6O6S. The van der Waals surface area contributed by atoms with Crippen LogP contribution in [0.2, 0.25) is 5.02 Å². The highest BCUT2D eigenvalue weighted by molar-refractivity contribution is 7.89. The lowest BCUT2D eigenvalue weighted by Crippen LogP contribution is -2.57. The van der Waals surface area contributed by atoms with Crippen LogP contribution in [0.1, 0.15) is 38.8 Å². The number of nitrogens with two attached hydrogens (primary N) is 1. The summed E-state index contributed by atoms with van der Waals surface area (Å²) in [5.41, 5.74) is 7.47. The van der Waals surface area contributed by atoms with Crippen LogP contribution in [0.5, 0.6) is 0 Å². The van der Waals surface area contributed by atoms with Gasteiger partial charge in [-0.15, -0.1) is 0 Å². The number of nitrogens with one attached hydrogen (secondary N) is 1. The van der Waals surface area contributed by atoms with Gasteiger partial charge in [0.1, 0.15) is 12.6 Å². The molecule has 0 saturated carbocycles. The van der Waals surface area contributed by atoms with Gasteiger partial charge in [0.05, 0.1) is 34.3 Å². The van der Waals surface area contributed by atoms with Crippen molar-refractivity contribution in [3.63, 3.8) is 0 Å². The second kappa shape index (κ2) is 15.9. The number of sulfonamides is 1. The molecule has 1 aromatic heterocycles. The fraction of sp³-hybridized carbons (Fsp3) is 0.412. The topological polar surface area (TPSA) is 166 Å². The van der Waals surface area contributed by atoms with E-state index in [1.165, 1.54) is 27.4 Å². The largest absolute Gasteiger partial charge is 0.397 e. The van der Waals surface area contributed by atoms with Crippen molar-refractivity contribution >= 4 is 45.2 Å². The molecule has 2 heterocycles. The van der Waals surface area contributed by atoms with E-state index in [1.807, 2.05) is 44.2 Å². The van der Waals surface area contributed by atoms with Crippen molar-refractivity contribution in [1.29, 1.82) is 0 Å². The maximum absolute atomic E-state index is 14.0. The Morgan fingerprint density at radius 1 is 1.04 bits per heavy atom. The minimum atomic E-state index is -4.13. The van der Waals surface area contributed by atoms with Gasteiger partial charge in [0, 0.05) is 25.5 Å². The first-order chi connectivity index (χ1) is 22.7. The first kappa shape index (κ1) is 36.8. The number of aliphatic hydroxyl groups excluding tert-OH is 1. The third-order valence-corrected chi connectivity index (χ3v) is 10.2. The molecule has 1 aliphatic rings. The molecule has 48 heavy (non-hydrogen) atoms. The molecule has 1 saturated heterocycles. The quantitative estimate of drug-likeness (QED) is 0.160. The number of halogens is 1. The van der Waals surface area contributed by atoms with E-state index in [0.29, 0.717) is 5.56 Å². The van der Waals surface area contributed by atoms with E-state index in [4.69, 9.17) is 17.3 Å². The molecule has 14 heteroatoms. The summed E-state index contributed by atoms with van der Waals surface area (Å²) in [6.07, 6.45) is 1.96. The molecule has 1 fully saturated rings. The second-order valence-corrected chi connectivity index (χ2v) is 15.1. The van der Waals surface area contributed by atoms with Crippen LogP contribution in [0.15, 0.2) is 78.0 Å². The van der Waals surface area contributed by atoms with Crippen LogP contribution < -0.4 is 11.1 Å². The van der Waals surface area contributed by atoms with E-state index < -0.39 is 52.0 Å². The number of nitrogen functional groups attached to an aromatic ring is 1. The molecular weight excluding hydrogens is 656 g/mol. The molecule has 3 aromatic rings. The summed E-state index contributed by atoms with van der Waals surface area (Å²) in [7, 11) is -4.13. The van der Waals surface area contributed by atoms with Crippen molar-refractivity contribution in [1.82, 2.24) is 24.4 Å². The minimum Gasteiger partial charge on any atom is -0.397 e. The number of pyridine rings is 1. The highest BCUT2D eigenvalue weighted by Gasteiger charge is 2.44. The molecule has 4 rings (SSSR count). The van der Waals surface area contributed by atoms with Crippen molar-refractivity contribution in [2.24, 2.45) is 11.8 Å². The van der Waals surface area contributed by atoms with E-state index in [0.717, 1.165) is 10.5 Å². The Morgan fingerprint density at radius 2 is 1.73 bits per heavy atom. The number of rotatable bonds is 15. The lowest BCUT2D eigenvalue weighted by molar-refractivity contribution is -0.129. The molecule has 12 nitrogen and oxygen atoms in total. The monoisotopic (exact) mass is 698 g/mol. The van der Waals surface area contributed by atoms with E-state index >= 15 is 0 Å². The normalized spacial score (nSPS) is 15.8. The molecule has 0 aliphatic carbocycles. The fourth-order valence-electron chi connectivity index (χ4n) is 5.68. The molecule has 4 amide bonds. The number of benzene rings is 2. The number of aromatic nitrogens is 1. The summed E-state index contributed by atoms with van der Waals surface area (Å²) < 4.78 is 28.8. The van der Waals surface area contributed by atoms with E-state index in [2.05, 4.69) is 10.3 Å². The van der Waals surface area contributed by atoms with Gasteiger partial charge in [-0.25, -0.2) is 13.2 Å². The zero-order chi connectivity index (χ0) is 35.2. The fourth-order valence-corrected chi connectivity index (χ4v) is 7.45. The number of anilines is 1. The number of amides is 4. The Morgan fingerprint density at radius 3 is 2.33 bits per heavy atom. The van der Waals surface area contributed by atoms with Crippen molar-refractivity contribution in [2.75, 3.05) is 25.4 Å². The Bertz CT molecular complexity index is 1690. The molecule has 258 valence electrons. The second-order valence-electron chi connectivity index (χ2n) is 12.7. The molecule has 4 N–H and O–H groups in total. The van der Waals surface area contributed by atoms with Gasteiger partial charge in [-0.1, -0.05) is 75.7 Å². The predicted molar refractivity (Wildman–Crippen MR) is 183 cm³/mol. The average Bonchev–Trinajstić information content (AvgIpc) is 3.30. The Kier molecular flexibility index (Phi) is 12.2. The van der Waals surface area contributed by atoms with Crippen molar-refractivity contribution in [3.8, 4) is 0 Å².